The quantitative estimate of drug-likeness (QED) is 0.469. The molecule has 154 valence electrons. The first-order valence-corrected chi connectivity index (χ1v) is 8.61. The van der Waals surface area contributed by atoms with Gasteiger partial charge in [-0.2, -0.15) is 18.7 Å². The number of imidazole rings is 1. The fourth-order valence-electron chi connectivity index (χ4n) is 2.96. The van der Waals surface area contributed by atoms with Crippen LogP contribution in [0, 0.1) is 18.6 Å². The first-order chi connectivity index (χ1) is 14.3. The van der Waals surface area contributed by atoms with Crippen LogP contribution in [0.5, 0.6) is 5.75 Å². The van der Waals surface area contributed by atoms with E-state index < -0.39 is 24.0 Å². The number of halogens is 4. The van der Waals surface area contributed by atoms with Crippen LogP contribution >= 0.6 is 0 Å². The van der Waals surface area contributed by atoms with Crippen molar-refractivity contribution >= 4 is 28.4 Å². The Labute approximate surface area is 167 Å². The molecule has 0 saturated heterocycles. The van der Waals surface area contributed by atoms with E-state index in [9.17, 15) is 17.6 Å². The molecule has 2 heterocycles. The number of aryl methyl sites for hydroxylation is 1. The monoisotopic (exact) mass is 418 g/mol. The summed E-state index contributed by atoms with van der Waals surface area (Å²) in [7, 11) is 0. The number of rotatable bonds is 5. The minimum Gasteiger partial charge on any atom is -0.432 e. The van der Waals surface area contributed by atoms with Crippen LogP contribution in [0.4, 0.5) is 34.9 Å². The maximum Gasteiger partial charge on any atom is 0.387 e. The Bertz CT molecular complexity index is 1240. The normalized spacial score (nSPS) is 11.3. The molecule has 2 aromatic carbocycles. The largest absolute Gasteiger partial charge is 0.432 e. The number of hydrogen-bond donors (Lipinski definition) is 2. The van der Waals surface area contributed by atoms with Crippen molar-refractivity contribution in [1.29, 1.82) is 0 Å². The highest BCUT2D eigenvalue weighted by atomic mass is 19.3. The lowest BCUT2D eigenvalue weighted by Crippen LogP contribution is -2.08. The van der Waals surface area contributed by atoms with Crippen molar-refractivity contribution in [2.75, 3.05) is 11.1 Å². The summed E-state index contributed by atoms with van der Waals surface area (Å²) in [4.78, 5) is 12.9. The van der Waals surface area contributed by atoms with Crippen LogP contribution in [-0.2, 0) is 0 Å². The van der Waals surface area contributed by atoms with Crippen molar-refractivity contribution in [2.24, 2.45) is 0 Å². The lowest BCUT2D eigenvalue weighted by atomic mass is 10.3. The van der Waals surface area contributed by atoms with Crippen molar-refractivity contribution in [3.8, 4) is 11.7 Å². The molecule has 0 radical (unpaired) electrons. The second-order valence-electron chi connectivity index (χ2n) is 6.25. The molecule has 0 aliphatic carbocycles. The molecule has 4 rings (SSSR count). The van der Waals surface area contributed by atoms with Crippen LogP contribution in [0.3, 0.4) is 0 Å². The van der Waals surface area contributed by atoms with Crippen molar-refractivity contribution in [3.05, 3.63) is 59.9 Å². The molecule has 30 heavy (non-hydrogen) atoms. The van der Waals surface area contributed by atoms with Gasteiger partial charge in [0, 0.05) is 23.9 Å². The van der Waals surface area contributed by atoms with E-state index in [1.54, 1.807) is 6.92 Å². The highest BCUT2D eigenvalue weighted by Gasteiger charge is 2.15. The molecule has 7 nitrogen and oxygen atoms in total. The molecule has 0 fully saturated rings. The smallest absolute Gasteiger partial charge is 0.387 e. The summed E-state index contributed by atoms with van der Waals surface area (Å²) in [6.07, 6.45) is 0. The number of nitrogens with one attached hydrogen (secondary N) is 1. The van der Waals surface area contributed by atoms with E-state index in [1.807, 2.05) is 0 Å². The third-order valence-corrected chi connectivity index (χ3v) is 4.14. The summed E-state index contributed by atoms with van der Waals surface area (Å²) in [5.74, 6) is -1.08. The average Bonchev–Trinajstić information content (AvgIpc) is 2.98. The topological polar surface area (TPSA) is 90.9 Å². The average molecular weight is 418 g/mol. The van der Waals surface area contributed by atoms with Gasteiger partial charge in [-0.15, -0.1) is 0 Å². The highest BCUT2D eigenvalue weighted by molar-refractivity contribution is 5.78. The van der Waals surface area contributed by atoms with Gasteiger partial charge in [-0.3, -0.25) is 4.57 Å². The second-order valence-corrected chi connectivity index (χ2v) is 6.25. The van der Waals surface area contributed by atoms with Gasteiger partial charge in [-0.05, 0) is 31.2 Å². The second kappa shape index (κ2) is 7.50. The predicted octanol–water partition coefficient (Wildman–Crippen LogP) is 4.33. The number of nitrogens with zero attached hydrogens (tertiary/aromatic N) is 4. The lowest BCUT2D eigenvalue weighted by molar-refractivity contribution is -0.0521. The van der Waals surface area contributed by atoms with E-state index in [1.165, 1.54) is 34.9 Å². The van der Waals surface area contributed by atoms with E-state index in [2.05, 4.69) is 25.0 Å². The van der Waals surface area contributed by atoms with Gasteiger partial charge < -0.3 is 15.8 Å². The zero-order valence-corrected chi connectivity index (χ0v) is 15.4. The van der Waals surface area contributed by atoms with Gasteiger partial charge in [0.25, 0.3) is 0 Å². The first-order valence-electron chi connectivity index (χ1n) is 8.61. The molecule has 3 N–H and O–H groups in total. The van der Waals surface area contributed by atoms with E-state index in [0.717, 1.165) is 12.1 Å². The number of alkyl halides is 2. The number of nitrogens with two attached hydrogens (primary N) is 1. The fraction of sp³-hybridized carbons (Fsp3) is 0.105. The van der Waals surface area contributed by atoms with Crippen LogP contribution in [0.1, 0.15) is 5.82 Å². The van der Waals surface area contributed by atoms with Gasteiger partial charge in [-0.1, -0.05) is 0 Å². The third kappa shape index (κ3) is 3.81. The predicted molar refractivity (Wildman–Crippen MR) is 102 cm³/mol. The molecule has 0 aliphatic heterocycles. The van der Waals surface area contributed by atoms with Gasteiger partial charge in [0.1, 0.15) is 23.3 Å². The maximum atomic E-state index is 14.0. The summed E-state index contributed by atoms with van der Waals surface area (Å²) in [5.41, 5.74) is 7.09. The Kier molecular flexibility index (Phi) is 4.86. The number of benzene rings is 2. The Hall–Kier alpha value is -3.89. The lowest BCUT2D eigenvalue weighted by Gasteiger charge is -2.11. The molecule has 11 heteroatoms. The SMILES string of the molecule is Cc1nc2ccc(F)cc2n1-c1nc(N)cc(Nc2ccc(OC(F)F)c(F)c2)n1. The number of fused-ring (bicyclic) bond motifs is 1. The zero-order valence-electron chi connectivity index (χ0n) is 15.4. The third-order valence-electron chi connectivity index (χ3n) is 4.14. The van der Waals surface area contributed by atoms with Gasteiger partial charge >= 0.3 is 6.61 Å². The van der Waals surface area contributed by atoms with Gasteiger partial charge in [0.15, 0.2) is 11.6 Å². The molecule has 0 unspecified atom stereocenters. The Balaban J connectivity index is 1.71. The van der Waals surface area contributed by atoms with Gasteiger partial charge in [0.05, 0.1) is 11.0 Å². The minimum absolute atomic E-state index is 0.0956. The van der Waals surface area contributed by atoms with Crippen LogP contribution in [0.2, 0.25) is 0 Å². The highest BCUT2D eigenvalue weighted by Crippen LogP contribution is 2.26. The van der Waals surface area contributed by atoms with E-state index >= 15 is 0 Å². The molecule has 0 bridgehead atoms. The van der Waals surface area contributed by atoms with Crippen LogP contribution in [0.25, 0.3) is 17.0 Å². The summed E-state index contributed by atoms with van der Waals surface area (Å²) in [6, 6.07) is 8.90. The Morgan fingerprint density at radius 1 is 1.03 bits per heavy atom. The first kappa shape index (κ1) is 19.4. The van der Waals surface area contributed by atoms with Crippen molar-refractivity contribution in [1.82, 2.24) is 19.5 Å². The summed E-state index contributed by atoms with van der Waals surface area (Å²) < 4.78 is 57.8. The molecule has 0 amide bonds. The molecule has 2 aromatic heterocycles. The number of anilines is 3. The number of hydrogen-bond acceptors (Lipinski definition) is 6. The van der Waals surface area contributed by atoms with E-state index in [-0.39, 0.29) is 23.3 Å². The van der Waals surface area contributed by atoms with Crippen LogP contribution in [0.15, 0.2) is 42.5 Å². The number of ether oxygens (including phenoxy) is 1. The van der Waals surface area contributed by atoms with Gasteiger partial charge in [-0.25, -0.2) is 13.8 Å². The van der Waals surface area contributed by atoms with Crippen LogP contribution in [-0.4, -0.2) is 26.1 Å². The molecule has 0 aliphatic rings. The summed E-state index contributed by atoms with van der Waals surface area (Å²) >= 11 is 0. The van der Waals surface area contributed by atoms with Crippen molar-refractivity contribution < 1.29 is 22.3 Å². The molecular formula is C19H14F4N6O. The fourth-order valence-corrected chi connectivity index (χ4v) is 2.96. The Morgan fingerprint density at radius 3 is 2.57 bits per heavy atom. The van der Waals surface area contributed by atoms with Crippen LogP contribution < -0.4 is 15.8 Å². The van der Waals surface area contributed by atoms with E-state index in [4.69, 9.17) is 5.73 Å². The number of aromatic nitrogens is 4. The molecule has 0 spiro atoms. The molecule has 0 saturated carbocycles. The minimum atomic E-state index is -3.14. The summed E-state index contributed by atoms with van der Waals surface area (Å²) in [5, 5.41) is 2.83. The molecular weight excluding hydrogens is 404 g/mol. The molecule has 0 atom stereocenters. The van der Waals surface area contributed by atoms with E-state index in [0.29, 0.717) is 16.9 Å². The standard InChI is InChI=1S/C19H14F4N6O/c1-9-25-13-4-2-10(20)6-14(13)29(9)19-27-16(24)8-17(28-19)26-11-3-5-15(12(21)7-11)30-18(22)23/h2-8,18H,1H3,(H3,24,26,27,28). The zero-order chi connectivity index (χ0) is 21.4. The number of nitrogen functional groups attached to an aromatic ring is 1. The van der Waals surface area contributed by atoms with Crippen molar-refractivity contribution in [3.63, 3.8) is 0 Å². The summed E-state index contributed by atoms with van der Waals surface area (Å²) in [6.45, 7) is -1.44. The van der Waals surface area contributed by atoms with Gasteiger partial charge in [0.2, 0.25) is 5.95 Å². The maximum absolute atomic E-state index is 14.0. The van der Waals surface area contributed by atoms with Crippen molar-refractivity contribution in [2.45, 2.75) is 13.5 Å². The molecule has 4 aromatic rings. The Morgan fingerprint density at radius 2 is 1.83 bits per heavy atom.